The van der Waals surface area contributed by atoms with Crippen molar-refractivity contribution in [2.24, 2.45) is 17.0 Å². The molecule has 8 nitrogen and oxygen atoms in total. The van der Waals surface area contributed by atoms with E-state index in [1.807, 2.05) is 4.90 Å². The summed E-state index contributed by atoms with van der Waals surface area (Å²) in [7, 11) is -3.96. The maximum atomic E-state index is 11.5. The zero-order valence-corrected chi connectivity index (χ0v) is 15.4. The Hall–Kier alpha value is -1.71. The second-order valence-electron chi connectivity index (χ2n) is 7.72. The van der Waals surface area contributed by atoms with Crippen molar-refractivity contribution < 1.29 is 13.3 Å². The lowest BCUT2D eigenvalue weighted by Gasteiger charge is -2.41. The highest BCUT2D eigenvalue weighted by Gasteiger charge is 2.43. The Labute approximate surface area is 153 Å². The van der Waals surface area contributed by atoms with Gasteiger partial charge in [-0.1, -0.05) is 6.42 Å². The number of hydrogen-bond donors (Lipinski definition) is 1. The van der Waals surface area contributed by atoms with Gasteiger partial charge in [-0.25, -0.2) is 13.6 Å². The smallest absolute Gasteiger partial charge is 0.293 e. The summed E-state index contributed by atoms with van der Waals surface area (Å²) in [5.41, 5.74) is 0.264. The minimum atomic E-state index is -3.96. The van der Waals surface area contributed by atoms with Crippen LogP contribution in [-0.4, -0.2) is 50.5 Å². The van der Waals surface area contributed by atoms with E-state index in [9.17, 15) is 18.5 Å². The average Bonchev–Trinajstić information content (AvgIpc) is 3.24. The Kier molecular flexibility index (Phi) is 4.40. The summed E-state index contributed by atoms with van der Waals surface area (Å²) in [5, 5.41) is 16.5. The van der Waals surface area contributed by atoms with E-state index in [0.717, 1.165) is 31.0 Å². The lowest BCUT2D eigenvalue weighted by atomic mass is 9.93. The number of rotatable bonds is 4. The van der Waals surface area contributed by atoms with Gasteiger partial charge in [0.2, 0.25) is 10.0 Å². The van der Waals surface area contributed by atoms with Gasteiger partial charge in [-0.15, -0.1) is 0 Å². The number of nitrogens with zero attached hydrogens (tertiary/aromatic N) is 3. The minimum absolute atomic E-state index is 0.204. The first kappa shape index (κ1) is 17.7. The number of nitro benzene ring substituents is 1. The molecule has 1 aromatic rings. The minimum Gasteiger partial charge on any atom is -0.363 e. The molecule has 1 heterocycles. The van der Waals surface area contributed by atoms with Gasteiger partial charge >= 0.3 is 0 Å². The lowest BCUT2D eigenvalue weighted by molar-refractivity contribution is -0.384. The van der Waals surface area contributed by atoms with E-state index in [0.29, 0.717) is 24.8 Å². The number of hydrogen-bond acceptors (Lipinski definition) is 6. The Balaban J connectivity index is 1.49. The molecule has 3 fully saturated rings. The summed E-state index contributed by atoms with van der Waals surface area (Å²) in [6.45, 7) is 3.21. The van der Waals surface area contributed by atoms with Crippen LogP contribution in [0.1, 0.15) is 25.7 Å². The molecule has 2 bridgehead atoms. The molecule has 26 heavy (non-hydrogen) atoms. The molecule has 3 unspecified atom stereocenters. The van der Waals surface area contributed by atoms with Crippen LogP contribution in [0.2, 0.25) is 0 Å². The average molecular weight is 380 g/mol. The Morgan fingerprint density at radius 1 is 1.12 bits per heavy atom. The number of nitro groups is 1. The van der Waals surface area contributed by atoms with Crippen LogP contribution in [0.3, 0.4) is 0 Å². The van der Waals surface area contributed by atoms with E-state index in [-0.39, 0.29) is 10.6 Å². The second kappa shape index (κ2) is 6.47. The fourth-order valence-electron chi connectivity index (χ4n) is 5.05. The van der Waals surface area contributed by atoms with E-state index < -0.39 is 14.9 Å². The van der Waals surface area contributed by atoms with Crippen molar-refractivity contribution in [1.82, 2.24) is 4.90 Å². The number of fused-ring (bicyclic) bond motifs is 2. The zero-order valence-electron chi connectivity index (χ0n) is 14.6. The molecule has 1 saturated heterocycles. The van der Waals surface area contributed by atoms with Crippen molar-refractivity contribution in [2.75, 3.05) is 31.1 Å². The van der Waals surface area contributed by atoms with Crippen molar-refractivity contribution in [3.05, 3.63) is 28.3 Å². The molecule has 142 valence electrons. The van der Waals surface area contributed by atoms with Crippen molar-refractivity contribution in [3.63, 3.8) is 0 Å². The highest BCUT2D eigenvalue weighted by Crippen LogP contribution is 2.47. The quantitative estimate of drug-likeness (QED) is 0.627. The molecule has 4 rings (SSSR count). The summed E-state index contributed by atoms with van der Waals surface area (Å²) in [6, 6.07) is 4.59. The molecule has 0 spiro atoms. The molecule has 0 aromatic heterocycles. The molecule has 3 atom stereocenters. The predicted molar refractivity (Wildman–Crippen MR) is 97.5 cm³/mol. The first-order valence-electron chi connectivity index (χ1n) is 9.13. The van der Waals surface area contributed by atoms with Crippen molar-refractivity contribution in [2.45, 2.75) is 36.6 Å². The fraction of sp³-hybridized carbons (Fsp3) is 0.647. The maximum Gasteiger partial charge on any atom is 0.293 e. The van der Waals surface area contributed by atoms with Crippen LogP contribution in [-0.2, 0) is 10.0 Å². The van der Waals surface area contributed by atoms with Crippen LogP contribution < -0.4 is 10.0 Å². The van der Waals surface area contributed by atoms with Gasteiger partial charge in [0.1, 0.15) is 5.69 Å². The molecule has 1 aromatic carbocycles. The molecule has 1 aliphatic heterocycles. The first-order chi connectivity index (χ1) is 12.3. The molecule has 2 saturated carbocycles. The van der Waals surface area contributed by atoms with Crippen LogP contribution >= 0.6 is 0 Å². The number of piperazine rings is 1. The van der Waals surface area contributed by atoms with Gasteiger partial charge in [0, 0.05) is 38.3 Å². The van der Waals surface area contributed by atoms with Crippen LogP contribution in [0.25, 0.3) is 0 Å². The van der Waals surface area contributed by atoms with Gasteiger partial charge in [-0.2, -0.15) is 0 Å². The topological polar surface area (TPSA) is 110 Å². The van der Waals surface area contributed by atoms with E-state index in [4.69, 9.17) is 5.14 Å². The highest BCUT2D eigenvalue weighted by atomic mass is 32.2. The molecular formula is C17H24N4O4S. The van der Waals surface area contributed by atoms with E-state index in [1.165, 1.54) is 37.8 Å². The number of sulfonamides is 1. The summed E-state index contributed by atoms with van der Waals surface area (Å²) >= 11 is 0. The second-order valence-corrected chi connectivity index (χ2v) is 9.28. The zero-order chi connectivity index (χ0) is 18.5. The predicted octanol–water partition coefficient (Wildman–Crippen LogP) is 1.55. The monoisotopic (exact) mass is 380 g/mol. The van der Waals surface area contributed by atoms with E-state index in [1.54, 1.807) is 0 Å². The number of primary sulfonamides is 1. The van der Waals surface area contributed by atoms with Crippen LogP contribution in [0, 0.1) is 22.0 Å². The first-order valence-corrected chi connectivity index (χ1v) is 10.7. The lowest BCUT2D eigenvalue weighted by Crippen LogP contribution is -2.51. The summed E-state index contributed by atoms with van der Waals surface area (Å²) in [5.74, 6) is 1.73. The van der Waals surface area contributed by atoms with Gasteiger partial charge < -0.3 is 4.90 Å². The fourth-order valence-corrected chi connectivity index (χ4v) is 5.58. The molecule has 3 aliphatic rings. The van der Waals surface area contributed by atoms with Crippen molar-refractivity contribution in [3.8, 4) is 0 Å². The number of anilines is 1. The van der Waals surface area contributed by atoms with E-state index in [2.05, 4.69) is 4.90 Å². The van der Waals surface area contributed by atoms with Gasteiger partial charge in [-0.3, -0.25) is 15.0 Å². The number of benzene rings is 1. The molecule has 2 aliphatic carbocycles. The standard InChI is InChI=1S/C17H24N4O4S/c18-26(24,25)14-3-4-15(17(11-14)21(22)23)19-5-7-20(8-6-19)16-10-12-1-2-13(16)9-12/h3-4,11-13,16H,1-2,5-10H2,(H2,18,24,25). The highest BCUT2D eigenvalue weighted by molar-refractivity contribution is 7.89. The van der Waals surface area contributed by atoms with E-state index >= 15 is 0 Å². The maximum absolute atomic E-state index is 11.5. The number of nitrogens with two attached hydrogens (primary N) is 1. The summed E-state index contributed by atoms with van der Waals surface area (Å²) < 4.78 is 23.0. The SMILES string of the molecule is NS(=O)(=O)c1ccc(N2CCN(C3CC4CCC3C4)CC2)c([N+](=O)[O-])c1. The third-order valence-corrected chi connectivity index (χ3v) is 7.21. The Morgan fingerprint density at radius 3 is 2.38 bits per heavy atom. The largest absolute Gasteiger partial charge is 0.363 e. The van der Waals surface area contributed by atoms with Gasteiger partial charge in [-0.05, 0) is 43.2 Å². The van der Waals surface area contributed by atoms with Crippen molar-refractivity contribution in [1.29, 1.82) is 0 Å². The van der Waals surface area contributed by atoms with Gasteiger partial charge in [0.05, 0.1) is 9.82 Å². The summed E-state index contributed by atoms with van der Waals surface area (Å²) in [6.07, 6.45) is 5.39. The Bertz CT molecular complexity index is 820. The molecular weight excluding hydrogens is 356 g/mol. The van der Waals surface area contributed by atoms with Crippen LogP contribution in [0.5, 0.6) is 0 Å². The van der Waals surface area contributed by atoms with Crippen LogP contribution in [0.4, 0.5) is 11.4 Å². The van der Waals surface area contributed by atoms with Gasteiger partial charge in [0.25, 0.3) is 5.69 Å². The molecule has 0 radical (unpaired) electrons. The molecule has 9 heteroatoms. The third kappa shape index (κ3) is 3.19. The third-order valence-electron chi connectivity index (χ3n) is 6.30. The normalized spacial score (nSPS) is 29.3. The molecule has 2 N–H and O–H groups in total. The summed E-state index contributed by atoms with van der Waals surface area (Å²) in [4.78, 5) is 15.2. The van der Waals surface area contributed by atoms with Crippen LogP contribution in [0.15, 0.2) is 23.1 Å². The van der Waals surface area contributed by atoms with Gasteiger partial charge in [0.15, 0.2) is 0 Å². The molecule has 0 amide bonds. The van der Waals surface area contributed by atoms with Crippen molar-refractivity contribution >= 4 is 21.4 Å². The Morgan fingerprint density at radius 2 is 1.85 bits per heavy atom.